The van der Waals surface area contributed by atoms with Gasteiger partial charge in [0.15, 0.2) is 5.65 Å². The predicted octanol–water partition coefficient (Wildman–Crippen LogP) is 2.26. The summed E-state index contributed by atoms with van der Waals surface area (Å²) in [5, 5.41) is 22.3. The van der Waals surface area contributed by atoms with E-state index in [0.29, 0.717) is 16.9 Å². The van der Waals surface area contributed by atoms with Gasteiger partial charge in [0, 0.05) is 11.8 Å². The molecule has 0 aliphatic carbocycles. The number of hydrogen-bond acceptors (Lipinski definition) is 8. The molecule has 12 heteroatoms. The van der Waals surface area contributed by atoms with Gasteiger partial charge in [-0.3, -0.25) is 4.72 Å². The quantitative estimate of drug-likeness (QED) is 0.414. The third kappa shape index (κ3) is 4.95. The van der Waals surface area contributed by atoms with Gasteiger partial charge in [0.25, 0.3) is 10.0 Å². The molecule has 0 saturated heterocycles. The van der Waals surface area contributed by atoms with E-state index in [9.17, 15) is 17.9 Å². The van der Waals surface area contributed by atoms with Crippen molar-refractivity contribution in [2.24, 2.45) is 0 Å². The van der Waals surface area contributed by atoms with E-state index in [4.69, 9.17) is 4.74 Å². The molecule has 2 N–H and O–H groups in total. The lowest BCUT2D eigenvalue weighted by Gasteiger charge is -2.12. The smallest absolute Gasteiger partial charge is 0.262 e. The summed E-state index contributed by atoms with van der Waals surface area (Å²) in [6, 6.07) is 9.25. The lowest BCUT2D eigenvalue weighted by molar-refractivity contribution is 0.143. The fourth-order valence-corrected chi connectivity index (χ4v) is 3.92. The zero-order valence-electron chi connectivity index (χ0n) is 18.3. The number of halogens is 1. The van der Waals surface area contributed by atoms with Gasteiger partial charge >= 0.3 is 0 Å². The lowest BCUT2D eigenvalue weighted by atomic mass is 10.1. The van der Waals surface area contributed by atoms with E-state index in [1.54, 1.807) is 26.0 Å². The highest BCUT2D eigenvalue weighted by Crippen LogP contribution is 2.29. The highest BCUT2D eigenvalue weighted by molar-refractivity contribution is 7.92. The Labute approximate surface area is 194 Å². The van der Waals surface area contributed by atoms with Crippen LogP contribution < -0.4 is 9.46 Å². The molecule has 3 heterocycles. The molecule has 0 bridgehead atoms. The number of fused-ring (bicyclic) bond motifs is 1. The Morgan fingerprint density at radius 3 is 2.56 bits per heavy atom. The van der Waals surface area contributed by atoms with Crippen LogP contribution in [0.2, 0.25) is 0 Å². The number of aromatic nitrogens is 5. The molecule has 0 aliphatic heterocycles. The predicted molar refractivity (Wildman–Crippen MR) is 121 cm³/mol. The highest BCUT2D eigenvalue weighted by atomic mass is 32.2. The number of hydrogen-bond donors (Lipinski definition) is 2. The molecule has 174 valence electrons. The molecule has 10 nitrogen and oxygen atoms in total. The fraction of sp³-hybridized carbons (Fsp3) is 0.182. The molecule has 0 amide bonds. The number of rotatable bonds is 5. The molecule has 34 heavy (non-hydrogen) atoms. The van der Waals surface area contributed by atoms with E-state index in [1.165, 1.54) is 23.9 Å². The minimum atomic E-state index is -4.04. The van der Waals surface area contributed by atoms with Gasteiger partial charge in [-0.1, -0.05) is 5.92 Å². The topological polar surface area (TPSA) is 132 Å². The lowest BCUT2D eigenvalue weighted by Crippen LogP contribution is -2.14. The van der Waals surface area contributed by atoms with Crippen LogP contribution in [0, 0.1) is 17.7 Å². The number of pyridine rings is 1. The SMILES string of the molecule is COc1ncc(-c2ccc3nnc(C#CC(C)(C)O)n3n2)cc1NS(=O)(=O)c1ccc(F)cc1. The molecule has 4 aromatic rings. The summed E-state index contributed by atoms with van der Waals surface area (Å²) >= 11 is 0. The zero-order valence-corrected chi connectivity index (χ0v) is 19.1. The van der Waals surface area contributed by atoms with Crippen molar-refractivity contribution in [2.75, 3.05) is 11.8 Å². The van der Waals surface area contributed by atoms with Crippen LogP contribution in [0.1, 0.15) is 19.7 Å². The average molecular weight is 482 g/mol. The van der Waals surface area contributed by atoms with Gasteiger partial charge in [-0.2, -0.15) is 9.61 Å². The first-order valence-electron chi connectivity index (χ1n) is 9.86. The summed E-state index contributed by atoms with van der Waals surface area (Å²) in [4.78, 5) is 4.05. The first-order chi connectivity index (χ1) is 16.1. The molecule has 3 aromatic heterocycles. The van der Waals surface area contributed by atoms with Crippen LogP contribution in [0.15, 0.2) is 53.6 Å². The van der Waals surface area contributed by atoms with Gasteiger partial charge in [0.2, 0.25) is 11.7 Å². The molecule has 0 spiro atoms. The highest BCUT2D eigenvalue weighted by Gasteiger charge is 2.19. The van der Waals surface area contributed by atoms with Crippen molar-refractivity contribution in [1.29, 1.82) is 0 Å². The van der Waals surface area contributed by atoms with E-state index in [2.05, 4.69) is 36.8 Å². The van der Waals surface area contributed by atoms with Crippen LogP contribution in [0.5, 0.6) is 5.88 Å². The molecule has 0 unspecified atom stereocenters. The van der Waals surface area contributed by atoms with E-state index in [-0.39, 0.29) is 22.3 Å². The molecule has 0 aliphatic rings. The Balaban J connectivity index is 1.74. The van der Waals surface area contributed by atoms with Crippen molar-refractivity contribution in [1.82, 2.24) is 24.8 Å². The van der Waals surface area contributed by atoms with Crippen LogP contribution >= 0.6 is 0 Å². The standard InChI is InChI=1S/C22H19FN6O4S/c1-22(2,30)11-10-20-26-25-19-9-8-17(27-29(19)20)14-12-18(21(33-3)24-13-14)28-34(31,32)16-6-4-15(23)5-7-16/h4-9,12-13,28,30H,1-3H3. The molecule has 1 aromatic carbocycles. The third-order valence-corrected chi connectivity index (χ3v) is 5.83. The molecule has 4 rings (SSSR count). The van der Waals surface area contributed by atoms with Gasteiger partial charge in [-0.15, -0.1) is 10.2 Å². The molecule has 0 saturated carbocycles. The number of benzene rings is 1. The summed E-state index contributed by atoms with van der Waals surface area (Å²) in [5.41, 5.74) is 0.171. The number of ether oxygens (including phenoxy) is 1. The Kier molecular flexibility index (Phi) is 5.90. The summed E-state index contributed by atoms with van der Waals surface area (Å²) < 4.78 is 47.8. The van der Waals surface area contributed by atoms with Crippen molar-refractivity contribution < 1.29 is 22.7 Å². The minimum Gasteiger partial charge on any atom is -0.480 e. The summed E-state index contributed by atoms with van der Waals surface area (Å²) in [7, 11) is -2.69. The van der Waals surface area contributed by atoms with Gasteiger partial charge in [-0.25, -0.2) is 17.8 Å². The monoisotopic (exact) mass is 482 g/mol. The van der Waals surface area contributed by atoms with Crippen molar-refractivity contribution in [3.63, 3.8) is 0 Å². The van der Waals surface area contributed by atoms with Gasteiger partial charge in [0.1, 0.15) is 17.1 Å². The Morgan fingerprint density at radius 1 is 1.15 bits per heavy atom. The molecule has 0 atom stereocenters. The van der Waals surface area contributed by atoms with Gasteiger partial charge < -0.3 is 9.84 Å². The molecular weight excluding hydrogens is 463 g/mol. The van der Waals surface area contributed by atoms with E-state index < -0.39 is 21.4 Å². The largest absolute Gasteiger partial charge is 0.480 e. The fourth-order valence-electron chi connectivity index (χ4n) is 2.88. The van der Waals surface area contributed by atoms with Crippen molar-refractivity contribution >= 4 is 21.4 Å². The number of methoxy groups -OCH3 is 1. The second-order valence-electron chi connectivity index (χ2n) is 7.66. The number of anilines is 1. The number of aliphatic hydroxyl groups is 1. The summed E-state index contributed by atoms with van der Waals surface area (Å²) in [6.45, 7) is 3.08. The van der Waals surface area contributed by atoms with E-state index in [0.717, 1.165) is 24.3 Å². The first kappa shape index (κ1) is 23.1. The Bertz CT molecular complexity index is 1530. The number of nitrogens with zero attached hydrogens (tertiary/aromatic N) is 5. The maximum absolute atomic E-state index is 13.2. The summed E-state index contributed by atoms with van der Waals surface area (Å²) in [6.07, 6.45) is 1.47. The number of nitrogens with one attached hydrogen (secondary N) is 1. The van der Waals surface area contributed by atoms with Crippen LogP contribution in [0.25, 0.3) is 16.9 Å². The summed E-state index contributed by atoms with van der Waals surface area (Å²) in [5.74, 6) is 5.10. The number of sulfonamides is 1. The second-order valence-corrected chi connectivity index (χ2v) is 9.34. The molecule has 0 fully saturated rings. The van der Waals surface area contributed by atoms with Crippen molar-refractivity contribution in [3.8, 4) is 29.0 Å². The van der Waals surface area contributed by atoms with Crippen molar-refractivity contribution in [2.45, 2.75) is 24.3 Å². The maximum atomic E-state index is 13.2. The second kappa shape index (κ2) is 8.69. The zero-order chi connectivity index (χ0) is 24.5. The molecule has 0 radical (unpaired) electrons. The minimum absolute atomic E-state index is 0.0385. The Hall–Kier alpha value is -4.08. The van der Waals surface area contributed by atoms with Crippen LogP contribution in [0.3, 0.4) is 0 Å². The first-order valence-corrected chi connectivity index (χ1v) is 11.3. The normalized spacial score (nSPS) is 11.7. The van der Waals surface area contributed by atoms with Crippen LogP contribution in [-0.2, 0) is 10.0 Å². The van der Waals surface area contributed by atoms with Crippen LogP contribution in [-0.4, -0.2) is 51.0 Å². The van der Waals surface area contributed by atoms with Crippen molar-refractivity contribution in [3.05, 3.63) is 60.3 Å². The third-order valence-electron chi connectivity index (χ3n) is 4.45. The van der Waals surface area contributed by atoms with Gasteiger partial charge in [0.05, 0.1) is 17.7 Å². The van der Waals surface area contributed by atoms with Gasteiger partial charge in [-0.05, 0) is 62.2 Å². The average Bonchev–Trinajstić information content (AvgIpc) is 3.19. The van der Waals surface area contributed by atoms with Crippen LogP contribution in [0.4, 0.5) is 10.1 Å². The van der Waals surface area contributed by atoms with E-state index >= 15 is 0 Å². The Morgan fingerprint density at radius 2 is 1.88 bits per heavy atom. The van der Waals surface area contributed by atoms with E-state index in [1.807, 2.05) is 0 Å². The maximum Gasteiger partial charge on any atom is 0.262 e. The molecular formula is C22H19FN6O4S.